The van der Waals surface area contributed by atoms with E-state index in [-0.39, 0.29) is 6.10 Å². The van der Waals surface area contributed by atoms with E-state index < -0.39 is 0 Å². The molecular formula is C12H24N2O. The lowest BCUT2D eigenvalue weighted by molar-refractivity contribution is 0.0828. The van der Waals surface area contributed by atoms with Crippen molar-refractivity contribution in [2.75, 3.05) is 13.2 Å². The lowest BCUT2D eigenvalue weighted by atomic mass is 9.88. The zero-order chi connectivity index (χ0) is 11.1. The van der Waals surface area contributed by atoms with Gasteiger partial charge in [0.15, 0.2) is 0 Å². The minimum Gasteiger partial charge on any atom is -0.387 e. The molecule has 0 aliphatic heterocycles. The van der Waals surface area contributed by atoms with E-state index in [1.807, 2.05) is 13.8 Å². The fraction of sp³-hybridized carbons (Fsp3) is 0.917. The van der Waals surface area contributed by atoms with Crippen molar-refractivity contribution < 1.29 is 4.74 Å². The van der Waals surface area contributed by atoms with Crippen LogP contribution >= 0.6 is 0 Å². The lowest BCUT2D eigenvalue weighted by Crippen LogP contribution is -2.27. The highest BCUT2D eigenvalue weighted by molar-refractivity contribution is 5.82. The van der Waals surface area contributed by atoms with Crippen LogP contribution in [-0.4, -0.2) is 25.1 Å². The van der Waals surface area contributed by atoms with Gasteiger partial charge in [-0.1, -0.05) is 19.3 Å². The van der Waals surface area contributed by atoms with Gasteiger partial charge in [-0.2, -0.15) is 0 Å². The van der Waals surface area contributed by atoms with Crippen molar-refractivity contribution in [3.63, 3.8) is 0 Å². The van der Waals surface area contributed by atoms with E-state index in [0.29, 0.717) is 12.5 Å². The Morgan fingerprint density at radius 1 is 1.40 bits per heavy atom. The highest BCUT2D eigenvalue weighted by Gasteiger charge is 2.16. The smallest absolute Gasteiger partial charge is 0.0969 e. The third kappa shape index (κ3) is 4.65. The molecule has 3 heteroatoms. The summed E-state index contributed by atoms with van der Waals surface area (Å²) >= 11 is 0. The summed E-state index contributed by atoms with van der Waals surface area (Å²) in [5.41, 5.74) is 5.99. The number of aliphatic imine (C=N–C) groups is 1. The van der Waals surface area contributed by atoms with Crippen LogP contribution in [0, 0.1) is 5.92 Å². The van der Waals surface area contributed by atoms with Crippen LogP contribution in [0.4, 0.5) is 0 Å². The first-order chi connectivity index (χ1) is 7.24. The number of rotatable bonds is 5. The number of nitrogens with two attached hydrogens (primary N) is 1. The maximum atomic E-state index is 5.99. The molecule has 0 saturated heterocycles. The highest BCUT2D eigenvalue weighted by Crippen LogP contribution is 2.23. The molecule has 1 fully saturated rings. The molecule has 1 rings (SSSR count). The molecule has 0 bridgehead atoms. The molecule has 0 amide bonds. The van der Waals surface area contributed by atoms with Crippen LogP contribution in [0.2, 0.25) is 0 Å². The fourth-order valence-electron chi connectivity index (χ4n) is 2.10. The summed E-state index contributed by atoms with van der Waals surface area (Å²) in [5, 5.41) is 0. The molecule has 1 saturated carbocycles. The van der Waals surface area contributed by atoms with Gasteiger partial charge in [0.1, 0.15) is 0 Å². The van der Waals surface area contributed by atoms with E-state index in [2.05, 4.69) is 4.99 Å². The van der Waals surface area contributed by atoms with Crippen molar-refractivity contribution in [1.82, 2.24) is 0 Å². The second kappa shape index (κ2) is 6.83. The van der Waals surface area contributed by atoms with Crippen LogP contribution < -0.4 is 5.73 Å². The molecule has 1 atom stereocenters. The number of hydrogen-bond donors (Lipinski definition) is 1. The predicted octanol–water partition coefficient (Wildman–Crippen LogP) is 2.35. The number of hydrogen-bond acceptors (Lipinski definition) is 2. The molecule has 0 heterocycles. The Balaban J connectivity index is 2.30. The first-order valence-corrected chi connectivity index (χ1v) is 6.15. The van der Waals surface area contributed by atoms with Gasteiger partial charge in [-0.05, 0) is 26.7 Å². The summed E-state index contributed by atoms with van der Waals surface area (Å²) in [6, 6.07) is 0. The van der Waals surface area contributed by atoms with Crippen LogP contribution in [0.3, 0.4) is 0 Å². The van der Waals surface area contributed by atoms with Crippen molar-refractivity contribution in [2.24, 2.45) is 16.6 Å². The van der Waals surface area contributed by atoms with E-state index in [9.17, 15) is 0 Å². The van der Waals surface area contributed by atoms with E-state index in [4.69, 9.17) is 10.5 Å². The van der Waals surface area contributed by atoms with Crippen LogP contribution in [-0.2, 0) is 4.74 Å². The molecule has 0 aromatic heterocycles. The largest absolute Gasteiger partial charge is 0.387 e. The third-order valence-corrected chi connectivity index (χ3v) is 3.01. The van der Waals surface area contributed by atoms with Gasteiger partial charge in [0.05, 0.1) is 18.5 Å². The van der Waals surface area contributed by atoms with Gasteiger partial charge < -0.3 is 10.5 Å². The van der Waals surface area contributed by atoms with Gasteiger partial charge in [0.2, 0.25) is 0 Å². The number of nitrogens with zero attached hydrogens (tertiary/aromatic N) is 1. The molecule has 15 heavy (non-hydrogen) atoms. The van der Waals surface area contributed by atoms with Gasteiger partial charge in [-0.25, -0.2) is 0 Å². The van der Waals surface area contributed by atoms with E-state index in [1.54, 1.807) is 0 Å². The SMILES string of the molecule is CCOC(C)CN=C(N)C1CCCCC1. The van der Waals surface area contributed by atoms with Gasteiger partial charge in [-0.15, -0.1) is 0 Å². The second-order valence-corrected chi connectivity index (χ2v) is 4.37. The average Bonchev–Trinajstić information content (AvgIpc) is 2.27. The van der Waals surface area contributed by atoms with Gasteiger partial charge in [0, 0.05) is 12.5 Å². The Morgan fingerprint density at radius 3 is 2.67 bits per heavy atom. The number of amidine groups is 1. The fourth-order valence-corrected chi connectivity index (χ4v) is 2.10. The molecule has 2 N–H and O–H groups in total. The van der Waals surface area contributed by atoms with Crippen molar-refractivity contribution in [3.8, 4) is 0 Å². The van der Waals surface area contributed by atoms with Crippen molar-refractivity contribution in [1.29, 1.82) is 0 Å². The number of ether oxygens (including phenoxy) is 1. The molecule has 3 nitrogen and oxygen atoms in total. The Kier molecular flexibility index (Phi) is 5.69. The maximum absolute atomic E-state index is 5.99. The quantitative estimate of drug-likeness (QED) is 0.561. The van der Waals surface area contributed by atoms with Crippen molar-refractivity contribution in [3.05, 3.63) is 0 Å². The second-order valence-electron chi connectivity index (χ2n) is 4.37. The van der Waals surface area contributed by atoms with E-state index >= 15 is 0 Å². The average molecular weight is 212 g/mol. The summed E-state index contributed by atoms with van der Waals surface area (Å²) in [6.07, 6.45) is 6.61. The zero-order valence-electron chi connectivity index (χ0n) is 10.0. The first-order valence-electron chi connectivity index (χ1n) is 6.15. The lowest BCUT2D eigenvalue weighted by Gasteiger charge is -2.21. The van der Waals surface area contributed by atoms with Crippen molar-refractivity contribution in [2.45, 2.75) is 52.1 Å². The van der Waals surface area contributed by atoms with E-state index in [1.165, 1.54) is 32.1 Å². The molecule has 1 aliphatic rings. The molecule has 0 spiro atoms. The third-order valence-electron chi connectivity index (χ3n) is 3.01. The predicted molar refractivity (Wildman–Crippen MR) is 64.2 cm³/mol. The van der Waals surface area contributed by atoms with Crippen molar-refractivity contribution >= 4 is 5.84 Å². The van der Waals surface area contributed by atoms with Crippen LogP contribution in [0.1, 0.15) is 46.0 Å². The maximum Gasteiger partial charge on any atom is 0.0969 e. The van der Waals surface area contributed by atoms with Gasteiger partial charge >= 0.3 is 0 Å². The van der Waals surface area contributed by atoms with E-state index in [0.717, 1.165) is 12.4 Å². The minimum absolute atomic E-state index is 0.192. The van der Waals surface area contributed by atoms with Crippen LogP contribution in [0.25, 0.3) is 0 Å². The normalized spacial score (nSPS) is 21.6. The van der Waals surface area contributed by atoms with Crippen LogP contribution in [0.5, 0.6) is 0 Å². The first kappa shape index (κ1) is 12.5. The highest BCUT2D eigenvalue weighted by atomic mass is 16.5. The molecular weight excluding hydrogens is 188 g/mol. The summed E-state index contributed by atoms with van der Waals surface area (Å²) < 4.78 is 5.42. The van der Waals surface area contributed by atoms with Gasteiger partial charge in [-0.3, -0.25) is 4.99 Å². The molecule has 1 unspecified atom stereocenters. The molecule has 0 aromatic rings. The molecule has 0 radical (unpaired) electrons. The summed E-state index contributed by atoms with van der Waals surface area (Å²) in [6.45, 7) is 5.50. The summed E-state index contributed by atoms with van der Waals surface area (Å²) in [5.74, 6) is 1.38. The molecule has 88 valence electrons. The summed E-state index contributed by atoms with van der Waals surface area (Å²) in [7, 11) is 0. The Morgan fingerprint density at radius 2 is 2.07 bits per heavy atom. The van der Waals surface area contributed by atoms with Gasteiger partial charge in [0.25, 0.3) is 0 Å². The Bertz CT molecular complexity index is 198. The molecule has 1 aliphatic carbocycles. The standard InChI is InChI=1S/C12H24N2O/c1-3-15-10(2)9-14-12(13)11-7-5-4-6-8-11/h10-11H,3-9H2,1-2H3,(H2,13,14). The topological polar surface area (TPSA) is 47.6 Å². The summed E-state index contributed by atoms with van der Waals surface area (Å²) in [4.78, 5) is 4.44. The zero-order valence-corrected chi connectivity index (χ0v) is 10.0. The monoisotopic (exact) mass is 212 g/mol. The Hall–Kier alpha value is -0.570. The minimum atomic E-state index is 0.192. The molecule has 0 aromatic carbocycles. The van der Waals surface area contributed by atoms with Crippen LogP contribution in [0.15, 0.2) is 4.99 Å². The Labute approximate surface area is 93.1 Å².